The minimum atomic E-state index is -0.544. The van der Waals surface area contributed by atoms with E-state index in [0.29, 0.717) is 56.0 Å². The van der Waals surface area contributed by atoms with Crippen LogP contribution in [0.4, 0.5) is 16.2 Å². The highest BCUT2D eigenvalue weighted by molar-refractivity contribution is 6.07. The van der Waals surface area contributed by atoms with Crippen LogP contribution in [0.5, 0.6) is 11.5 Å². The summed E-state index contributed by atoms with van der Waals surface area (Å²) in [4.78, 5) is 40.3. The summed E-state index contributed by atoms with van der Waals surface area (Å²) in [5.41, 5.74) is 2.69. The Balaban J connectivity index is 0.945. The molecular weight excluding hydrogens is 594 g/mol. The number of amides is 4. The first-order valence-electron chi connectivity index (χ1n) is 15.6. The Morgan fingerprint density at radius 1 is 0.978 bits per heavy atom. The number of aromatic nitrogens is 2. The highest BCUT2D eigenvalue weighted by atomic mass is 16.5. The molecule has 14 heteroatoms. The van der Waals surface area contributed by atoms with Crippen molar-refractivity contribution in [2.45, 2.75) is 25.3 Å². The van der Waals surface area contributed by atoms with Crippen LogP contribution in [0.25, 0.3) is 10.9 Å². The average Bonchev–Trinajstić information content (AvgIpc) is 3.49. The van der Waals surface area contributed by atoms with Gasteiger partial charge in [0.05, 0.1) is 63.6 Å². The predicted octanol–water partition coefficient (Wildman–Crippen LogP) is 2.64. The number of ether oxygens (including phenoxy) is 4. The van der Waals surface area contributed by atoms with E-state index >= 15 is 0 Å². The fourth-order valence-corrected chi connectivity index (χ4v) is 5.72. The average molecular weight is 638 g/mol. The monoisotopic (exact) mass is 637 g/mol. The van der Waals surface area contributed by atoms with Crippen LogP contribution >= 0.6 is 0 Å². The van der Waals surface area contributed by atoms with Crippen LogP contribution in [0, 0.1) is 0 Å². The first-order chi connectivity index (χ1) is 22.4. The van der Waals surface area contributed by atoms with Crippen LogP contribution in [0.1, 0.15) is 35.7 Å². The lowest BCUT2D eigenvalue weighted by Crippen LogP contribution is -2.49. The summed E-state index contributed by atoms with van der Waals surface area (Å²) in [5, 5.41) is 14.2. The number of likely N-dealkylation sites (tertiary alicyclic amines) is 1. The smallest absolute Gasteiger partial charge is 0.328 e. The summed E-state index contributed by atoms with van der Waals surface area (Å²) in [6, 6.07) is 8.72. The number of imide groups is 1. The molecule has 0 atom stereocenters. The fraction of sp³-hybridized carbons (Fsp3) is 0.500. The third-order valence-electron chi connectivity index (χ3n) is 8.29. The lowest BCUT2D eigenvalue weighted by Gasteiger charge is -2.31. The molecule has 248 valence electrons. The van der Waals surface area contributed by atoms with Gasteiger partial charge in [0.1, 0.15) is 11.5 Å². The third-order valence-corrected chi connectivity index (χ3v) is 8.29. The summed E-state index contributed by atoms with van der Waals surface area (Å²) >= 11 is 0. The quantitative estimate of drug-likeness (QED) is 0.213. The number of nitrogens with zero attached hydrogens (tertiary/aromatic N) is 4. The summed E-state index contributed by atoms with van der Waals surface area (Å²) in [6.45, 7) is 5.26. The topological polar surface area (TPSA) is 149 Å². The van der Waals surface area contributed by atoms with Gasteiger partial charge in [0.2, 0.25) is 5.91 Å². The molecule has 3 N–H and O–H groups in total. The van der Waals surface area contributed by atoms with E-state index in [1.54, 1.807) is 25.3 Å². The largest absolute Gasteiger partial charge is 0.495 e. The normalized spacial score (nSPS) is 16.0. The second kappa shape index (κ2) is 15.7. The maximum absolute atomic E-state index is 12.7. The fourth-order valence-electron chi connectivity index (χ4n) is 5.72. The van der Waals surface area contributed by atoms with Gasteiger partial charge in [-0.1, -0.05) is 0 Å². The molecule has 2 aliphatic heterocycles. The van der Waals surface area contributed by atoms with E-state index in [-0.39, 0.29) is 24.8 Å². The molecule has 2 aromatic carbocycles. The lowest BCUT2D eigenvalue weighted by atomic mass is 10.1. The molecule has 2 fully saturated rings. The molecule has 4 amide bonds. The van der Waals surface area contributed by atoms with Crippen molar-refractivity contribution in [2.75, 3.05) is 90.6 Å². The molecule has 0 bridgehead atoms. The van der Waals surface area contributed by atoms with Gasteiger partial charge < -0.3 is 34.5 Å². The minimum Gasteiger partial charge on any atom is -0.495 e. The molecule has 46 heavy (non-hydrogen) atoms. The number of methoxy groups -OCH3 is 2. The number of benzene rings is 2. The van der Waals surface area contributed by atoms with Crippen molar-refractivity contribution in [3.63, 3.8) is 0 Å². The lowest BCUT2D eigenvalue weighted by molar-refractivity contribution is -0.120. The van der Waals surface area contributed by atoms with Crippen molar-refractivity contribution in [1.82, 2.24) is 25.3 Å². The number of rotatable bonds is 15. The van der Waals surface area contributed by atoms with Crippen molar-refractivity contribution in [2.24, 2.45) is 0 Å². The zero-order valence-electron chi connectivity index (χ0n) is 26.7. The molecule has 2 aliphatic rings. The standard InChI is InChI=1S/C32H43N7O7/c1-33-26-18-23-21-39(36-25(23)20-29(26)44-3)24-6-10-37(11-7-24)13-15-46-17-16-45-14-9-34-31(41)22-4-5-28(43-2)27(19-22)38-12-8-30(40)35-32(38)42/h4-5,18-21,24,33H,6-17H2,1-3H3,(H,34,41)(H,35,40,42). The Hall–Kier alpha value is -4.40. The predicted molar refractivity (Wildman–Crippen MR) is 173 cm³/mol. The van der Waals surface area contributed by atoms with Gasteiger partial charge in [-0.05, 0) is 37.1 Å². The van der Waals surface area contributed by atoms with E-state index in [0.717, 1.165) is 54.8 Å². The molecule has 0 radical (unpaired) electrons. The maximum atomic E-state index is 12.7. The highest BCUT2D eigenvalue weighted by Gasteiger charge is 2.27. The second-order valence-corrected chi connectivity index (χ2v) is 11.2. The van der Waals surface area contributed by atoms with Gasteiger partial charge in [0, 0.05) is 69.4 Å². The molecule has 3 aromatic rings. The Labute approximate surface area is 268 Å². The van der Waals surface area contributed by atoms with Crippen molar-refractivity contribution < 1.29 is 33.3 Å². The van der Waals surface area contributed by atoms with Crippen molar-refractivity contribution >= 4 is 40.1 Å². The van der Waals surface area contributed by atoms with Crippen LogP contribution in [0.2, 0.25) is 0 Å². The van der Waals surface area contributed by atoms with Crippen LogP contribution in [-0.4, -0.2) is 113 Å². The molecule has 0 unspecified atom stereocenters. The number of nitrogens with one attached hydrogen (secondary N) is 3. The van der Waals surface area contributed by atoms with Gasteiger partial charge in [0.25, 0.3) is 5.91 Å². The second-order valence-electron chi connectivity index (χ2n) is 11.2. The van der Waals surface area contributed by atoms with E-state index in [1.807, 2.05) is 13.1 Å². The molecule has 0 saturated carbocycles. The Morgan fingerprint density at radius 2 is 1.74 bits per heavy atom. The molecule has 0 aliphatic carbocycles. The first-order valence-corrected chi connectivity index (χ1v) is 15.6. The highest BCUT2D eigenvalue weighted by Crippen LogP contribution is 2.32. The Morgan fingerprint density at radius 3 is 2.46 bits per heavy atom. The van der Waals surface area contributed by atoms with Crippen LogP contribution in [0.3, 0.4) is 0 Å². The summed E-state index contributed by atoms with van der Waals surface area (Å²) in [7, 11) is 5.04. The molecule has 5 rings (SSSR count). The molecular formula is C32H43N7O7. The van der Waals surface area contributed by atoms with Crippen LogP contribution in [-0.2, 0) is 14.3 Å². The van der Waals surface area contributed by atoms with Gasteiger partial charge in [-0.2, -0.15) is 5.10 Å². The Kier molecular flexibility index (Phi) is 11.3. The number of carbonyl (C=O) groups is 3. The number of hydrogen-bond donors (Lipinski definition) is 3. The summed E-state index contributed by atoms with van der Waals surface area (Å²) < 4.78 is 24.3. The van der Waals surface area contributed by atoms with Crippen LogP contribution < -0.4 is 30.3 Å². The molecule has 2 saturated heterocycles. The zero-order chi connectivity index (χ0) is 32.5. The minimum absolute atomic E-state index is 0.172. The molecule has 0 spiro atoms. The van der Waals surface area contributed by atoms with Gasteiger partial charge in [-0.15, -0.1) is 0 Å². The summed E-state index contributed by atoms with van der Waals surface area (Å²) in [5.74, 6) is 0.591. The van der Waals surface area contributed by atoms with Crippen molar-refractivity contribution in [3.05, 3.63) is 42.1 Å². The SMILES string of the molecule is CNc1cc2cn(C3CCN(CCOCCOCCNC(=O)c4ccc(OC)c(N5CCC(=O)NC5=O)c4)CC3)nc2cc1OC. The van der Waals surface area contributed by atoms with Crippen LogP contribution in [0.15, 0.2) is 36.5 Å². The number of carbonyl (C=O) groups excluding carboxylic acids is 3. The van der Waals surface area contributed by atoms with Gasteiger partial charge in [-0.3, -0.25) is 24.5 Å². The van der Waals surface area contributed by atoms with Crippen molar-refractivity contribution in [1.29, 1.82) is 0 Å². The molecule has 3 heterocycles. The van der Waals surface area contributed by atoms with E-state index < -0.39 is 6.03 Å². The zero-order valence-corrected chi connectivity index (χ0v) is 26.7. The Bertz CT molecular complexity index is 1480. The third kappa shape index (κ3) is 8.05. The number of fused-ring (bicyclic) bond motifs is 1. The number of anilines is 2. The van der Waals surface area contributed by atoms with E-state index in [2.05, 4.69) is 37.8 Å². The maximum Gasteiger partial charge on any atom is 0.328 e. The van der Waals surface area contributed by atoms with E-state index in [9.17, 15) is 14.4 Å². The van der Waals surface area contributed by atoms with E-state index in [4.69, 9.17) is 24.0 Å². The molecule has 14 nitrogen and oxygen atoms in total. The molecule has 1 aromatic heterocycles. The van der Waals surface area contributed by atoms with Gasteiger partial charge >= 0.3 is 6.03 Å². The first kappa shape index (κ1) is 33.0. The number of piperidine rings is 1. The number of hydrogen-bond acceptors (Lipinski definition) is 10. The van der Waals surface area contributed by atoms with E-state index in [1.165, 1.54) is 12.0 Å². The summed E-state index contributed by atoms with van der Waals surface area (Å²) in [6.07, 6.45) is 4.36. The van der Waals surface area contributed by atoms with Gasteiger partial charge in [-0.25, -0.2) is 4.79 Å². The number of urea groups is 1. The van der Waals surface area contributed by atoms with Crippen molar-refractivity contribution in [3.8, 4) is 11.5 Å². The van der Waals surface area contributed by atoms with Gasteiger partial charge in [0.15, 0.2) is 0 Å².